The molecule has 4 aliphatic rings. The number of benzene rings is 4. The first-order valence-corrected chi connectivity index (χ1v) is 18.1. The molecule has 0 bridgehead atoms. The highest BCUT2D eigenvalue weighted by Gasteiger charge is 2.69. The molecule has 2 saturated heterocycles. The van der Waals surface area contributed by atoms with Crippen molar-refractivity contribution in [1.82, 2.24) is 5.01 Å². The first-order chi connectivity index (χ1) is 26.4. The van der Waals surface area contributed by atoms with Crippen LogP contribution in [0.25, 0.3) is 6.08 Å². The van der Waals surface area contributed by atoms with Gasteiger partial charge < -0.3 is 19.9 Å². The Hall–Kier alpha value is -5.76. The minimum absolute atomic E-state index is 0.0431. The fourth-order valence-corrected chi connectivity index (χ4v) is 9.11. The van der Waals surface area contributed by atoms with E-state index >= 15 is 4.79 Å². The molecule has 2 aliphatic carbocycles. The number of anilines is 2. The zero-order valence-electron chi connectivity index (χ0n) is 29.3. The molecule has 3 fully saturated rings. The molecule has 2 aliphatic heterocycles. The van der Waals surface area contributed by atoms with Crippen LogP contribution in [-0.4, -0.2) is 58.0 Å². The third kappa shape index (κ3) is 5.81. The van der Waals surface area contributed by atoms with Crippen molar-refractivity contribution >= 4 is 65.3 Å². The number of hydrogen-bond acceptors (Lipinski definition) is 9. The van der Waals surface area contributed by atoms with E-state index in [2.05, 4.69) is 5.43 Å². The van der Waals surface area contributed by atoms with E-state index in [1.807, 2.05) is 12.2 Å². The number of nitrogens with one attached hydrogen (secondary N) is 1. The van der Waals surface area contributed by atoms with Crippen LogP contribution in [-0.2, 0) is 24.6 Å². The minimum Gasteiger partial charge on any atom is -0.504 e. The molecule has 0 radical (unpaired) electrons. The lowest BCUT2D eigenvalue weighted by molar-refractivity contribution is -0.139. The van der Waals surface area contributed by atoms with Gasteiger partial charge in [0.2, 0.25) is 11.8 Å². The number of fused-ring (bicyclic) bond motifs is 4. The Morgan fingerprint density at radius 1 is 0.927 bits per heavy atom. The summed E-state index contributed by atoms with van der Waals surface area (Å²) >= 11 is 6.35. The maximum atomic E-state index is 15.2. The highest BCUT2D eigenvalue weighted by Crippen LogP contribution is 2.61. The summed E-state index contributed by atoms with van der Waals surface area (Å²) in [5.41, 5.74) is 3.81. The van der Waals surface area contributed by atoms with Crippen molar-refractivity contribution in [2.75, 3.05) is 17.4 Å². The van der Waals surface area contributed by atoms with E-state index in [1.165, 1.54) is 55.6 Å². The van der Waals surface area contributed by atoms with Crippen molar-refractivity contribution in [3.63, 3.8) is 0 Å². The van der Waals surface area contributed by atoms with Crippen LogP contribution in [0.2, 0.25) is 5.02 Å². The van der Waals surface area contributed by atoms with Gasteiger partial charge in [-0.25, -0.2) is 4.39 Å². The van der Waals surface area contributed by atoms with Gasteiger partial charge in [-0.05, 0) is 96.0 Å². The molecule has 0 spiro atoms. The molecule has 8 rings (SSSR count). The predicted molar refractivity (Wildman–Crippen MR) is 202 cm³/mol. The second-order valence-electron chi connectivity index (χ2n) is 14.2. The molecule has 4 N–H and O–H groups in total. The lowest BCUT2D eigenvalue weighted by Crippen LogP contribution is -2.54. The summed E-state index contributed by atoms with van der Waals surface area (Å²) in [5.74, 6) is -6.57. The fourth-order valence-electron chi connectivity index (χ4n) is 8.99. The van der Waals surface area contributed by atoms with Crippen molar-refractivity contribution in [1.29, 1.82) is 0 Å². The number of carbonyl (C=O) groups excluding carboxylic acids is 4. The number of ether oxygens (including phenoxy) is 1. The smallest absolute Gasteiger partial charge is 0.488 e. The summed E-state index contributed by atoms with van der Waals surface area (Å²) in [6, 6.07) is 22.7. The van der Waals surface area contributed by atoms with Gasteiger partial charge in [0.15, 0.2) is 11.5 Å². The standard InChI is InChI=1S/C41H34BClFN3O8/c1-55-35-19-22(6-18-34(35)48)5-17-32-29-15-16-30-36(39(51)46(37(30)49)28-4-2-3-24(20-28)42(53)54)31(29)21-33-38(50)47(45-27-13-11-26(44)12-14-27)40(52)41(32,33)23-7-9-25(43)10-8-23/h2-15,17-20,30-33,36,45,48,53-54H,16,21H2,1H3/t30-,31+,32-,33-,36-,41-/m0/s1. The fraction of sp³-hybridized carbons (Fsp3) is 0.220. The lowest BCUT2D eigenvalue weighted by atomic mass is 9.50. The van der Waals surface area contributed by atoms with Gasteiger partial charge in [0, 0.05) is 10.9 Å². The Morgan fingerprint density at radius 3 is 2.38 bits per heavy atom. The van der Waals surface area contributed by atoms with Crippen LogP contribution in [0.15, 0.2) is 109 Å². The van der Waals surface area contributed by atoms with Crippen molar-refractivity contribution < 1.29 is 43.5 Å². The topological polar surface area (TPSA) is 157 Å². The van der Waals surface area contributed by atoms with Gasteiger partial charge in [-0.15, -0.1) is 0 Å². The summed E-state index contributed by atoms with van der Waals surface area (Å²) < 4.78 is 19.2. The van der Waals surface area contributed by atoms with Crippen LogP contribution in [0.4, 0.5) is 15.8 Å². The molecule has 4 aromatic rings. The zero-order chi connectivity index (χ0) is 38.8. The van der Waals surface area contributed by atoms with E-state index in [9.17, 15) is 33.9 Å². The number of amides is 4. The number of allylic oxidation sites excluding steroid dienone is 3. The molecule has 4 aromatic carbocycles. The molecule has 278 valence electrons. The van der Waals surface area contributed by atoms with Gasteiger partial charge in [-0.1, -0.05) is 65.7 Å². The van der Waals surface area contributed by atoms with Crippen molar-refractivity contribution in [3.8, 4) is 11.5 Å². The highest BCUT2D eigenvalue weighted by molar-refractivity contribution is 6.58. The van der Waals surface area contributed by atoms with E-state index in [0.717, 1.165) is 9.91 Å². The van der Waals surface area contributed by atoms with Gasteiger partial charge in [0.25, 0.3) is 11.8 Å². The Morgan fingerprint density at radius 2 is 1.67 bits per heavy atom. The molecule has 14 heteroatoms. The molecule has 0 aromatic heterocycles. The average Bonchev–Trinajstić information content (AvgIpc) is 3.56. The Kier molecular flexibility index (Phi) is 9.11. The maximum Gasteiger partial charge on any atom is 0.488 e. The van der Waals surface area contributed by atoms with Crippen LogP contribution in [0.5, 0.6) is 11.5 Å². The van der Waals surface area contributed by atoms with Crippen LogP contribution in [0.3, 0.4) is 0 Å². The molecule has 1 saturated carbocycles. The number of nitrogens with zero attached hydrogens (tertiary/aromatic N) is 2. The van der Waals surface area contributed by atoms with E-state index in [1.54, 1.807) is 48.5 Å². The van der Waals surface area contributed by atoms with Crippen molar-refractivity contribution in [3.05, 3.63) is 131 Å². The number of aromatic hydroxyl groups is 1. The molecule has 4 amide bonds. The number of imide groups is 2. The molecule has 0 unspecified atom stereocenters. The summed E-state index contributed by atoms with van der Waals surface area (Å²) in [7, 11) is -0.393. The third-order valence-corrected chi connectivity index (χ3v) is 11.7. The number of hydrogen-bond donors (Lipinski definition) is 4. The average molecular weight is 762 g/mol. The molecular weight excluding hydrogens is 728 g/mol. The normalized spacial score (nSPS) is 25.8. The number of hydrazine groups is 1. The number of methoxy groups -OCH3 is 1. The Balaban J connectivity index is 1.29. The van der Waals surface area contributed by atoms with E-state index in [4.69, 9.17) is 16.3 Å². The molecule has 55 heavy (non-hydrogen) atoms. The number of phenolic OH excluding ortho intramolecular Hbond substituents is 1. The number of halogens is 2. The van der Waals surface area contributed by atoms with Gasteiger partial charge in [-0.2, -0.15) is 5.01 Å². The van der Waals surface area contributed by atoms with Crippen LogP contribution in [0, 0.1) is 35.4 Å². The van der Waals surface area contributed by atoms with Gasteiger partial charge >= 0.3 is 7.12 Å². The van der Waals surface area contributed by atoms with E-state index in [-0.39, 0.29) is 35.5 Å². The third-order valence-electron chi connectivity index (χ3n) is 11.4. The maximum absolute atomic E-state index is 15.2. The van der Waals surface area contributed by atoms with Gasteiger partial charge in [0.1, 0.15) is 5.82 Å². The van der Waals surface area contributed by atoms with Gasteiger partial charge in [-0.3, -0.25) is 29.5 Å². The first kappa shape index (κ1) is 36.2. The Labute approximate surface area is 320 Å². The van der Waals surface area contributed by atoms with Crippen molar-refractivity contribution in [2.24, 2.45) is 29.6 Å². The monoisotopic (exact) mass is 761 g/mol. The minimum atomic E-state index is -1.82. The largest absolute Gasteiger partial charge is 0.504 e. The van der Waals surface area contributed by atoms with E-state index in [0.29, 0.717) is 27.4 Å². The Bertz CT molecular complexity index is 2300. The summed E-state index contributed by atoms with van der Waals surface area (Å²) in [6.45, 7) is 0. The molecule has 6 atom stereocenters. The second kappa shape index (κ2) is 13.8. The second-order valence-corrected chi connectivity index (χ2v) is 14.6. The van der Waals surface area contributed by atoms with Crippen molar-refractivity contribution in [2.45, 2.75) is 18.3 Å². The highest BCUT2D eigenvalue weighted by atomic mass is 35.5. The molecule has 11 nitrogen and oxygen atoms in total. The zero-order valence-corrected chi connectivity index (χ0v) is 30.1. The quantitative estimate of drug-likeness (QED) is 0.115. The van der Waals surface area contributed by atoms with Crippen LogP contribution in [0.1, 0.15) is 24.0 Å². The van der Waals surface area contributed by atoms with E-state index < -0.39 is 71.6 Å². The molecule has 2 heterocycles. The predicted octanol–water partition coefficient (Wildman–Crippen LogP) is 4.61. The van der Waals surface area contributed by atoms with Gasteiger partial charge in [0.05, 0.1) is 41.7 Å². The summed E-state index contributed by atoms with van der Waals surface area (Å²) in [5, 5.41) is 31.3. The summed E-state index contributed by atoms with van der Waals surface area (Å²) in [6.07, 6.45) is 5.72. The number of carbonyl (C=O) groups is 4. The SMILES string of the molecule is COc1cc(C=C[C@H]2C3=CC[C@@H]4C(=O)N(c5cccc(B(O)O)c5)C(=O)[C@@H]4[C@@H]3C[C@H]3C(=O)N(Nc4ccc(F)cc4)C(=O)[C@@]23c2ccc(Cl)cc2)ccc1O. The first-order valence-electron chi connectivity index (χ1n) is 17.7. The number of rotatable bonds is 8. The summed E-state index contributed by atoms with van der Waals surface area (Å²) in [4.78, 5) is 59.6. The number of phenols is 1. The molecular formula is C41H34BClFN3O8. The van der Waals surface area contributed by atoms with Crippen LogP contribution >= 0.6 is 11.6 Å². The lowest BCUT2D eigenvalue weighted by Gasteiger charge is -2.49. The van der Waals surface area contributed by atoms with Crippen LogP contribution < -0.4 is 20.5 Å².